The molecule has 0 aliphatic rings. The molecule has 0 unspecified atom stereocenters. The number of rotatable bonds is 6. The number of nitrogens with zero attached hydrogens (tertiary/aromatic N) is 2. The molecule has 0 atom stereocenters. The summed E-state index contributed by atoms with van der Waals surface area (Å²) in [5.74, 6) is 1.06. The minimum atomic E-state index is -0.114. The maximum absolute atomic E-state index is 7.96. The number of anilines is 1. The smallest absolute Gasteiger partial charge is 0.132 e. The number of nitrogens with one attached hydrogen (secondary N) is 3. The van der Waals surface area contributed by atoms with Gasteiger partial charge in [-0.25, -0.2) is 4.98 Å². The Morgan fingerprint density at radius 1 is 1.21 bits per heavy atom. The molecule has 0 bridgehead atoms. The van der Waals surface area contributed by atoms with Gasteiger partial charge in [-0.1, -0.05) is 20.8 Å². The average molecular weight is 380 g/mol. The predicted molar refractivity (Wildman–Crippen MR) is 118 cm³/mol. The second-order valence-electron chi connectivity index (χ2n) is 7.53. The Morgan fingerprint density at radius 2 is 1.93 bits per heavy atom. The molecule has 0 aliphatic heterocycles. The molecular formula is C21H29N7. The van der Waals surface area contributed by atoms with Crippen molar-refractivity contribution in [2.45, 2.75) is 27.7 Å². The van der Waals surface area contributed by atoms with E-state index in [1.165, 1.54) is 0 Å². The largest absolute Gasteiger partial charge is 0.404 e. The van der Waals surface area contributed by atoms with Crippen molar-refractivity contribution in [1.82, 2.24) is 15.3 Å². The van der Waals surface area contributed by atoms with Gasteiger partial charge in [-0.05, 0) is 48.4 Å². The van der Waals surface area contributed by atoms with Crippen LogP contribution in [0.4, 0.5) is 5.82 Å². The van der Waals surface area contributed by atoms with E-state index in [0.717, 1.165) is 22.2 Å². The fourth-order valence-electron chi connectivity index (χ4n) is 2.64. The molecule has 148 valence electrons. The number of allylic oxidation sites excluding steroid dienone is 3. The number of pyridine rings is 2. The zero-order chi connectivity index (χ0) is 20.9. The van der Waals surface area contributed by atoms with E-state index in [1.807, 2.05) is 24.3 Å². The maximum Gasteiger partial charge on any atom is 0.132 e. The first-order valence-corrected chi connectivity index (χ1v) is 9.02. The molecule has 0 saturated carbocycles. The third-order valence-corrected chi connectivity index (χ3v) is 4.17. The molecule has 0 aliphatic carbocycles. The van der Waals surface area contributed by atoms with Crippen molar-refractivity contribution in [1.29, 1.82) is 5.41 Å². The van der Waals surface area contributed by atoms with Gasteiger partial charge in [0.1, 0.15) is 11.6 Å². The Balaban J connectivity index is 2.37. The van der Waals surface area contributed by atoms with Crippen molar-refractivity contribution in [3.05, 3.63) is 59.8 Å². The molecule has 2 aromatic heterocycles. The van der Waals surface area contributed by atoms with E-state index in [9.17, 15) is 0 Å². The molecule has 0 saturated heterocycles. The summed E-state index contributed by atoms with van der Waals surface area (Å²) in [5, 5.41) is 14.0. The quantitative estimate of drug-likeness (QED) is 0.387. The summed E-state index contributed by atoms with van der Waals surface area (Å²) in [6, 6.07) is 5.61. The van der Waals surface area contributed by atoms with E-state index in [-0.39, 0.29) is 5.41 Å². The van der Waals surface area contributed by atoms with Crippen LogP contribution in [0.2, 0.25) is 0 Å². The summed E-state index contributed by atoms with van der Waals surface area (Å²) < 4.78 is 0. The molecule has 2 heterocycles. The Hall–Kier alpha value is -3.35. The summed E-state index contributed by atoms with van der Waals surface area (Å²) >= 11 is 0. The van der Waals surface area contributed by atoms with Gasteiger partial charge in [-0.15, -0.1) is 0 Å². The summed E-state index contributed by atoms with van der Waals surface area (Å²) in [4.78, 5) is 9.06. The Bertz CT molecular complexity index is 962. The normalized spacial score (nSPS) is 13.5. The van der Waals surface area contributed by atoms with Gasteiger partial charge >= 0.3 is 0 Å². The van der Waals surface area contributed by atoms with E-state index in [0.29, 0.717) is 22.9 Å². The highest BCUT2D eigenvalue weighted by Gasteiger charge is 2.15. The van der Waals surface area contributed by atoms with Crippen molar-refractivity contribution in [2.24, 2.45) is 16.9 Å². The zero-order valence-electron chi connectivity index (χ0n) is 17.1. The van der Waals surface area contributed by atoms with Crippen LogP contribution in [0.15, 0.2) is 54.3 Å². The lowest BCUT2D eigenvalue weighted by Crippen LogP contribution is -2.15. The van der Waals surface area contributed by atoms with E-state index >= 15 is 0 Å². The number of hydrogen-bond donors (Lipinski definition) is 5. The van der Waals surface area contributed by atoms with Gasteiger partial charge in [0.2, 0.25) is 0 Å². The van der Waals surface area contributed by atoms with E-state index in [1.54, 1.807) is 32.6 Å². The number of hydrogen-bond acceptors (Lipinski definition) is 7. The van der Waals surface area contributed by atoms with Crippen LogP contribution in [0.1, 0.15) is 33.3 Å². The van der Waals surface area contributed by atoms with Crippen LogP contribution in [-0.4, -0.2) is 22.7 Å². The van der Waals surface area contributed by atoms with Crippen molar-refractivity contribution in [3.8, 4) is 0 Å². The van der Waals surface area contributed by atoms with Crippen molar-refractivity contribution >= 4 is 28.1 Å². The molecule has 0 amide bonds. The molecule has 7 N–H and O–H groups in total. The van der Waals surface area contributed by atoms with Crippen LogP contribution in [0.5, 0.6) is 0 Å². The van der Waals surface area contributed by atoms with E-state index < -0.39 is 0 Å². The molecule has 0 aromatic carbocycles. The van der Waals surface area contributed by atoms with Gasteiger partial charge in [0.05, 0.1) is 11.0 Å². The highest BCUT2D eigenvalue weighted by Crippen LogP contribution is 2.26. The number of fused-ring (bicyclic) bond motifs is 1. The van der Waals surface area contributed by atoms with Crippen LogP contribution in [-0.2, 0) is 0 Å². The van der Waals surface area contributed by atoms with Gasteiger partial charge in [-0.2, -0.15) is 0 Å². The van der Waals surface area contributed by atoms with Crippen LogP contribution in [0, 0.1) is 10.8 Å². The van der Waals surface area contributed by atoms with Crippen molar-refractivity contribution in [3.63, 3.8) is 0 Å². The average Bonchev–Trinajstić information content (AvgIpc) is 2.62. The molecule has 0 spiro atoms. The fraction of sp³-hybridized carbons (Fsp3) is 0.286. The maximum atomic E-state index is 7.96. The van der Waals surface area contributed by atoms with Gasteiger partial charge in [-0.3, -0.25) is 4.98 Å². The van der Waals surface area contributed by atoms with Crippen LogP contribution >= 0.6 is 0 Å². The molecular weight excluding hydrogens is 350 g/mol. The van der Waals surface area contributed by atoms with Crippen LogP contribution < -0.4 is 22.1 Å². The second kappa shape index (κ2) is 8.56. The van der Waals surface area contributed by atoms with Crippen molar-refractivity contribution in [2.75, 3.05) is 12.4 Å². The summed E-state index contributed by atoms with van der Waals surface area (Å²) in [6.45, 7) is 7.94. The summed E-state index contributed by atoms with van der Waals surface area (Å²) in [5.41, 5.74) is 16.2. The molecule has 0 fully saturated rings. The van der Waals surface area contributed by atoms with Gasteiger partial charge in [0.25, 0.3) is 0 Å². The lowest BCUT2D eigenvalue weighted by atomic mass is 9.87. The number of nitrogens with two attached hydrogens (primary N) is 2. The Morgan fingerprint density at radius 3 is 2.50 bits per heavy atom. The SMILES string of the molecule is CN/C=C(\C(C)=N)c1cnc2ccc(N/C(N)=C/C(=C\N)C(C)(C)C)nc2c1. The zero-order valence-corrected chi connectivity index (χ0v) is 17.1. The first-order chi connectivity index (χ1) is 13.2. The Labute approximate surface area is 166 Å². The summed E-state index contributed by atoms with van der Waals surface area (Å²) in [6.07, 6.45) is 6.90. The highest BCUT2D eigenvalue weighted by molar-refractivity contribution is 6.21. The predicted octanol–water partition coefficient (Wildman–Crippen LogP) is 3.33. The van der Waals surface area contributed by atoms with Gasteiger partial charge < -0.3 is 27.5 Å². The Kier molecular flexibility index (Phi) is 6.41. The lowest BCUT2D eigenvalue weighted by Gasteiger charge is -2.20. The second-order valence-corrected chi connectivity index (χ2v) is 7.53. The van der Waals surface area contributed by atoms with Crippen LogP contribution in [0.3, 0.4) is 0 Å². The molecule has 28 heavy (non-hydrogen) atoms. The molecule has 0 radical (unpaired) electrons. The standard InChI is InChI=1S/C21H29N7/c1-13(23)16(12-25-5)14-8-18-17(26-11-14)6-7-20(27-18)28-19(24)9-15(10-22)21(2,3)4/h6-12,23,25H,22,24H2,1-5H3,(H,27,28)/b15-10+,16-12+,19-9+,23-13?. The lowest BCUT2D eigenvalue weighted by molar-refractivity contribution is 0.515. The minimum absolute atomic E-state index is 0.114. The highest BCUT2D eigenvalue weighted by atomic mass is 15.1. The minimum Gasteiger partial charge on any atom is -0.404 e. The first kappa shape index (κ1) is 21.0. The topological polar surface area (TPSA) is 126 Å². The first-order valence-electron chi connectivity index (χ1n) is 9.02. The third kappa shape index (κ3) is 5.09. The molecule has 2 rings (SSSR count). The van der Waals surface area contributed by atoms with E-state index in [2.05, 4.69) is 41.4 Å². The van der Waals surface area contributed by atoms with Crippen molar-refractivity contribution < 1.29 is 0 Å². The van der Waals surface area contributed by atoms with Gasteiger partial charge in [0.15, 0.2) is 0 Å². The summed E-state index contributed by atoms with van der Waals surface area (Å²) in [7, 11) is 1.80. The number of aromatic nitrogens is 2. The monoisotopic (exact) mass is 379 g/mol. The van der Waals surface area contributed by atoms with E-state index in [4.69, 9.17) is 16.9 Å². The van der Waals surface area contributed by atoms with Crippen LogP contribution in [0.25, 0.3) is 16.6 Å². The third-order valence-electron chi connectivity index (χ3n) is 4.17. The molecule has 7 nitrogen and oxygen atoms in total. The molecule has 2 aromatic rings. The van der Waals surface area contributed by atoms with Gasteiger partial charge in [0, 0.05) is 36.3 Å². The fourth-order valence-corrected chi connectivity index (χ4v) is 2.64. The molecule has 7 heteroatoms.